The second kappa shape index (κ2) is 3.35. The van der Waals surface area contributed by atoms with Gasteiger partial charge in [0.2, 0.25) is 0 Å². The van der Waals surface area contributed by atoms with Crippen molar-refractivity contribution in [3.05, 3.63) is 27.8 Å². The highest BCUT2D eigenvalue weighted by Gasteiger charge is 2.03. The lowest BCUT2D eigenvalue weighted by atomic mass is 10.5. The summed E-state index contributed by atoms with van der Waals surface area (Å²) in [5.41, 5.74) is 8.23. The number of nitrogens with zero attached hydrogens (tertiary/aromatic N) is 3. The fraction of sp³-hybridized carbons (Fsp3) is 0.143. The number of halogens is 1. The summed E-state index contributed by atoms with van der Waals surface area (Å²) in [6, 6.07) is 0. The van der Waals surface area contributed by atoms with E-state index in [0.29, 0.717) is 17.4 Å². The summed E-state index contributed by atoms with van der Waals surface area (Å²) < 4.78 is 1.67. The zero-order valence-corrected chi connectivity index (χ0v) is 8.22. The predicted molar refractivity (Wildman–Crippen MR) is 52.9 cm³/mol. The molecule has 4 nitrogen and oxygen atoms in total. The Hall–Kier alpha value is -1.07. The van der Waals surface area contributed by atoms with E-state index in [1.54, 1.807) is 27.7 Å². The van der Waals surface area contributed by atoms with Gasteiger partial charge in [-0.15, -0.1) is 11.3 Å². The van der Waals surface area contributed by atoms with Crippen LogP contribution >= 0.6 is 22.9 Å². The lowest BCUT2D eigenvalue weighted by molar-refractivity contribution is 0.679. The number of rotatable bonds is 2. The molecular formula is C7H7ClN4S. The topological polar surface area (TPSA) is 56.7 Å². The number of hydrogen-bond acceptors (Lipinski definition) is 4. The fourth-order valence-electron chi connectivity index (χ4n) is 0.975. The van der Waals surface area contributed by atoms with Crippen molar-refractivity contribution in [3.63, 3.8) is 0 Å². The van der Waals surface area contributed by atoms with Crippen molar-refractivity contribution in [2.24, 2.45) is 0 Å². The minimum Gasteiger partial charge on any atom is -0.381 e. The molecule has 2 rings (SSSR count). The molecule has 13 heavy (non-hydrogen) atoms. The molecule has 0 aromatic carbocycles. The van der Waals surface area contributed by atoms with Crippen LogP contribution in [0, 0.1) is 0 Å². The van der Waals surface area contributed by atoms with E-state index in [0.717, 1.165) is 5.69 Å². The maximum Gasteiger partial charge on any atom is 0.164 e. The van der Waals surface area contributed by atoms with E-state index in [-0.39, 0.29) is 0 Å². The summed E-state index contributed by atoms with van der Waals surface area (Å²) in [7, 11) is 0. The number of nitrogen functional groups attached to an aromatic ring is 1. The minimum absolute atomic E-state index is 0.358. The molecule has 0 saturated heterocycles. The molecule has 6 heteroatoms. The van der Waals surface area contributed by atoms with Crippen LogP contribution in [0.1, 0.15) is 5.69 Å². The van der Waals surface area contributed by atoms with Crippen LogP contribution in [0.25, 0.3) is 0 Å². The van der Waals surface area contributed by atoms with Crippen LogP contribution in [0.5, 0.6) is 0 Å². The zero-order valence-electron chi connectivity index (χ0n) is 6.64. The SMILES string of the molecule is Nc1nn(Cc2cscn2)cc1Cl. The van der Waals surface area contributed by atoms with Crippen molar-refractivity contribution in [2.45, 2.75) is 6.54 Å². The second-order valence-electron chi connectivity index (χ2n) is 2.54. The highest BCUT2D eigenvalue weighted by molar-refractivity contribution is 7.07. The molecule has 0 amide bonds. The molecule has 2 aromatic rings. The Kier molecular flexibility index (Phi) is 2.20. The van der Waals surface area contributed by atoms with E-state index in [1.807, 2.05) is 5.38 Å². The van der Waals surface area contributed by atoms with Crippen molar-refractivity contribution in [1.29, 1.82) is 0 Å². The second-order valence-corrected chi connectivity index (χ2v) is 3.67. The van der Waals surface area contributed by atoms with Gasteiger partial charge in [-0.05, 0) is 0 Å². The summed E-state index contributed by atoms with van der Waals surface area (Å²) in [5.74, 6) is 0.358. The Morgan fingerprint density at radius 3 is 3.00 bits per heavy atom. The number of nitrogens with two attached hydrogens (primary N) is 1. The minimum atomic E-state index is 0.358. The maximum atomic E-state index is 5.74. The van der Waals surface area contributed by atoms with Crippen molar-refractivity contribution in [3.8, 4) is 0 Å². The van der Waals surface area contributed by atoms with Crippen molar-refractivity contribution < 1.29 is 0 Å². The molecule has 0 aliphatic rings. The van der Waals surface area contributed by atoms with Gasteiger partial charge in [0, 0.05) is 11.6 Å². The maximum absolute atomic E-state index is 5.74. The number of hydrogen-bond donors (Lipinski definition) is 1. The monoisotopic (exact) mass is 214 g/mol. The third-order valence-corrected chi connectivity index (χ3v) is 2.48. The molecule has 2 heterocycles. The third-order valence-electron chi connectivity index (χ3n) is 1.55. The van der Waals surface area contributed by atoms with Gasteiger partial charge in [-0.3, -0.25) is 4.68 Å². The molecule has 0 unspecified atom stereocenters. The highest BCUT2D eigenvalue weighted by Crippen LogP contribution is 2.16. The van der Waals surface area contributed by atoms with E-state index < -0.39 is 0 Å². The van der Waals surface area contributed by atoms with Gasteiger partial charge < -0.3 is 5.73 Å². The summed E-state index contributed by atoms with van der Waals surface area (Å²) in [6.45, 7) is 0.612. The first-order valence-electron chi connectivity index (χ1n) is 3.61. The average molecular weight is 215 g/mol. The summed E-state index contributed by atoms with van der Waals surface area (Å²) in [6.07, 6.45) is 1.69. The summed E-state index contributed by atoms with van der Waals surface area (Å²) in [5, 5.41) is 6.46. The van der Waals surface area contributed by atoms with Crippen molar-refractivity contribution in [1.82, 2.24) is 14.8 Å². The largest absolute Gasteiger partial charge is 0.381 e. The molecular weight excluding hydrogens is 208 g/mol. The molecule has 0 spiro atoms. The lowest BCUT2D eigenvalue weighted by Crippen LogP contribution is -2.00. The van der Waals surface area contributed by atoms with E-state index in [2.05, 4.69) is 10.1 Å². The van der Waals surface area contributed by atoms with Gasteiger partial charge in [0.05, 0.1) is 17.7 Å². The quantitative estimate of drug-likeness (QED) is 0.827. The van der Waals surface area contributed by atoms with Gasteiger partial charge in [0.25, 0.3) is 0 Å². The van der Waals surface area contributed by atoms with E-state index in [1.165, 1.54) is 0 Å². The summed E-state index contributed by atoms with van der Waals surface area (Å²) in [4.78, 5) is 4.12. The molecule has 0 radical (unpaired) electrons. The Balaban J connectivity index is 2.19. The number of aromatic nitrogens is 3. The molecule has 0 bridgehead atoms. The third kappa shape index (κ3) is 1.81. The number of thiazole rings is 1. The fourth-order valence-corrected chi connectivity index (χ4v) is 1.67. The first-order chi connectivity index (χ1) is 6.25. The molecule has 2 aromatic heterocycles. The van der Waals surface area contributed by atoms with Crippen LogP contribution in [0.2, 0.25) is 5.02 Å². The Morgan fingerprint density at radius 1 is 1.62 bits per heavy atom. The average Bonchev–Trinajstić information content (AvgIpc) is 2.64. The van der Waals surface area contributed by atoms with Crippen LogP contribution < -0.4 is 5.73 Å². The van der Waals surface area contributed by atoms with Crippen LogP contribution in [-0.4, -0.2) is 14.8 Å². The normalized spacial score (nSPS) is 10.5. The van der Waals surface area contributed by atoms with Gasteiger partial charge in [0.1, 0.15) is 5.02 Å². The molecule has 0 fully saturated rings. The Morgan fingerprint density at radius 2 is 2.46 bits per heavy atom. The molecule has 0 saturated carbocycles. The molecule has 0 atom stereocenters. The van der Waals surface area contributed by atoms with Gasteiger partial charge in [-0.2, -0.15) is 5.10 Å². The van der Waals surface area contributed by atoms with Crippen LogP contribution in [0.3, 0.4) is 0 Å². The van der Waals surface area contributed by atoms with Gasteiger partial charge >= 0.3 is 0 Å². The van der Waals surface area contributed by atoms with Crippen LogP contribution in [0.4, 0.5) is 5.82 Å². The highest BCUT2D eigenvalue weighted by atomic mass is 35.5. The van der Waals surface area contributed by atoms with E-state index in [9.17, 15) is 0 Å². The standard InChI is InChI=1S/C7H7ClN4S/c8-6-2-12(11-7(6)9)1-5-3-13-4-10-5/h2-4H,1H2,(H2,9,11). The smallest absolute Gasteiger partial charge is 0.164 e. The van der Waals surface area contributed by atoms with Gasteiger partial charge in [0.15, 0.2) is 5.82 Å². The van der Waals surface area contributed by atoms with Crippen LogP contribution in [-0.2, 0) is 6.54 Å². The number of anilines is 1. The first-order valence-corrected chi connectivity index (χ1v) is 4.93. The first kappa shape index (κ1) is 8.52. The zero-order chi connectivity index (χ0) is 9.26. The summed E-state index contributed by atoms with van der Waals surface area (Å²) >= 11 is 7.30. The van der Waals surface area contributed by atoms with Crippen molar-refractivity contribution in [2.75, 3.05) is 5.73 Å². The molecule has 2 N–H and O–H groups in total. The van der Waals surface area contributed by atoms with Gasteiger partial charge in [-0.25, -0.2) is 4.98 Å². The Bertz CT molecular complexity index is 375. The van der Waals surface area contributed by atoms with E-state index >= 15 is 0 Å². The lowest BCUT2D eigenvalue weighted by Gasteiger charge is -1.95. The Labute approximate surface area is 84.0 Å². The molecule has 0 aliphatic carbocycles. The van der Waals surface area contributed by atoms with Crippen molar-refractivity contribution >= 4 is 28.8 Å². The van der Waals surface area contributed by atoms with E-state index in [4.69, 9.17) is 17.3 Å². The molecule has 68 valence electrons. The van der Waals surface area contributed by atoms with Crippen LogP contribution in [0.15, 0.2) is 17.1 Å². The van der Waals surface area contributed by atoms with Gasteiger partial charge in [-0.1, -0.05) is 11.6 Å². The predicted octanol–water partition coefficient (Wildman–Crippen LogP) is 1.62. The molecule has 0 aliphatic heterocycles.